The summed E-state index contributed by atoms with van der Waals surface area (Å²) in [5.41, 5.74) is 2.70. The van der Waals surface area contributed by atoms with E-state index >= 15 is 0 Å². The quantitative estimate of drug-likeness (QED) is 0.711. The van der Waals surface area contributed by atoms with Crippen molar-refractivity contribution in [2.75, 3.05) is 11.9 Å². The van der Waals surface area contributed by atoms with Crippen molar-refractivity contribution in [1.29, 1.82) is 0 Å². The van der Waals surface area contributed by atoms with Crippen molar-refractivity contribution in [3.63, 3.8) is 0 Å². The Morgan fingerprint density at radius 1 is 1.11 bits per heavy atom. The Bertz CT molecular complexity index is 815. The van der Waals surface area contributed by atoms with Gasteiger partial charge in [-0.25, -0.2) is 0 Å². The smallest absolute Gasteiger partial charge is 0.326 e. The predicted octanol–water partition coefficient (Wildman–Crippen LogP) is 3.48. The second-order valence-corrected chi connectivity index (χ2v) is 7.42. The van der Waals surface area contributed by atoms with Gasteiger partial charge in [-0.1, -0.05) is 38.1 Å². The molecule has 2 N–H and O–H groups in total. The molecule has 1 atom stereocenters. The van der Waals surface area contributed by atoms with Crippen molar-refractivity contribution in [2.24, 2.45) is 0 Å². The lowest BCUT2D eigenvalue weighted by molar-refractivity contribution is -0.152. The van der Waals surface area contributed by atoms with E-state index in [1.807, 2.05) is 39.0 Å². The van der Waals surface area contributed by atoms with Crippen LogP contribution in [0.2, 0.25) is 0 Å². The van der Waals surface area contributed by atoms with Gasteiger partial charge in [-0.3, -0.25) is 14.4 Å². The first kappa shape index (κ1) is 20.6. The number of ether oxygens (including phenoxy) is 1. The van der Waals surface area contributed by atoms with E-state index in [2.05, 4.69) is 10.6 Å². The lowest BCUT2D eigenvalue weighted by atomic mass is 9.98. The second-order valence-electron chi connectivity index (χ2n) is 6.48. The molecule has 0 spiro atoms. The van der Waals surface area contributed by atoms with Crippen LogP contribution in [-0.4, -0.2) is 30.4 Å². The highest BCUT2D eigenvalue weighted by Crippen LogP contribution is 2.27. The van der Waals surface area contributed by atoms with E-state index in [1.54, 1.807) is 17.5 Å². The molecule has 144 valence electrons. The number of hydrogen-bond acceptors (Lipinski definition) is 5. The first-order valence-electron chi connectivity index (χ1n) is 8.71. The van der Waals surface area contributed by atoms with Gasteiger partial charge in [0.1, 0.15) is 6.54 Å². The SMILES string of the molecule is Cc1cccc(C(C)C)c1NC(=O)[C@H](C)OC(=O)CNC(=O)c1cccs1. The number of hydrogen-bond donors (Lipinski definition) is 2. The van der Waals surface area contributed by atoms with Gasteiger partial charge in [0.2, 0.25) is 0 Å². The molecule has 1 aromatic carbocycles. The average Bonchev–Trinajstić information content (AvgIpc) is 3.15. The van der Waals surface area contributed by atoms with Gasteiger partial charge in [0.25, 0.3) is 11.8 Å². The lowest BCUT2D eigenvalue weighted by Crippen LogP contribution is -2.35. The molecule has 0 aliphatic rings. The standard InChI is InChI=1S/C20H24N2O4S/c1-12(2)15-8-5-7-13(3)18(15)22-19(24)14(4)26-17(23)11-21-20(25)16-9-6-10-27-16/h5-10,12,14H,11H2,1-4H3,(H,21,25)(H,22,24)/t14-/m0/s1. The van der Waals surface area contributed by atoms with Gasteiger partial charge in [-0.05, 0) is 42.3 Å². The van der Waals surface area contributed by atoms with E-state index in [1.165, 1.54) is 18.3 Å². The van der Waals surface area contributed by atoms with Gasteiger partial charge in [-0.15, -0.1) is 11.3 Å². The Hall–Kier alpha value is -2.67. The van der Waals surface area contributed by atoms with Gasteiger partial charge < -0.3 is 15.4 Å². The van der Waals surface area contributed by atoms with Gasteiger partial charge in [0, 0.05) is 5.69 Å². The maximum absolute atomic E-state index is 12.4. The van der Waals surface area contributed by atoms with E-state index in [9.17, 15) is 14.4 Å². The predicted molar refractivity (Wildman–Crippen MR) is 106 cm³/mol. The Labute approximate surface area is 162 Å². The number of carbonyl (C=O) groups is 3. The van der Waals surface area contributed by atoms with E-state index in [-0.39, 0.29) is 18.4 Å². The number of rotatable bonds is 7. The van der Waals surface area contributed by atoms with Crippen LogP contribution in [0.5, 0.6) is 0 Å². The topological polar surface area (TPSA) is 84.5 Å². The van der Waals surface area contributed by atoms with Crippen LogP contribution in [0.25, 0.3) is 0 Å². The second kappa shape index (κ2) is 9.32. The van der Waals surface area contributed by atoms with Crippen LogP contribution in [0, 0.1) is 6.92 Å². The Morgan fingerprint density at radius 3 is 2.48 bits per heavy atom. The van der Waals surface area contributed by atoms with Gasteiger partial charge in [0.05, 0.1) is 4.88 Å². The van der Waals surface area contributed by atoms with Crippen molar-refractivity contribution < 1.29 is 19.1 Å². The summed E-state index contributed by atoms with van der Waals surface area (Å²) >= 11 is 1.28. The summed E-state index contributed by atoms with van der Waals surface area (Å²) in [4.78, 5) is 36.7. The fraction of sp³-hybridized carbons (Fsp3) is 0.350. The molecule has 6 nitrogen and oxygen atoms in total. The van der Waals surface area contributed by atoms with Crippen molar-refractivity contribution >= 4 is 34.8 Å². The van der Waals surface area contributed by atoms with Crippen LogP contribution in [0.1, 0.15) is 47.5 Å². The van der Waals surface area contributed by atoms with E-state index in [0.29, 0.717) is 4.88 Å². The van der Waals surface area contributed by atoms with Gasteiger partial charge >= 0.3 is 5.97 Å². The summed E-state index contributed by atoms with van der Waals surface area (Å²) < 4.78 is 5.13. The molecule has 27 heavy (non-hydrogen) atoms. The minimum atomic E-state index is -0.976. The third kappa shape index (κ3) is 5.65. The number of aryl methyl sites for hydroxylation is 1. The molecule has 1 heterocycles. The van der Waals surface area contributed by atoms with Crippen molar-refractivity contribution in [3.05, 3.63) is 51.7 Å². The number of esters is 1. The third-order valence-electron chi connectivity index (χ3n) is 3.99. The van der Waals surface area contributed by atoms with Crippen molar-refractivity contribution in [3.8, 4) is 0 Å². The van der Waals surface area contributed by atoms with Crippen LogP contribution in [0.4, 0.5) is 5.69 Å². The summed E-state index contributed by atoms with van der Waals surface area (Å²) in [6.07, 6.45) is -0.976. The molecule has 2 rings (SSSR count). The van der Waals surface area contributed by atoms with Crippen LogP contribution in [0.3, 0.4) is 0 Å². The lowest BCUT2D eigenvalue weighted by Gasteiger charge is -2.19. The molecule has 0 saturated heterocycles. The highest BCUT2D eigenvalue weighted by Gasteiger charge is 2.21. The summed E-state index contributed by atoms with van der Waals surface area (Å²) in [5.74, 6) is -1.19. The molecular formula is C20H24N2O4S. The molecule has 0 radical (unpaired) electrons. The molecule has 2 amide bonds. The van der Waals surface area contributed by atoms with Crippen molar-refractivity contribution in [2.45, 2.75) is 39.7 Å². The fourth-order valence-electron chi connectivity index (χ4n) is 2.51. The average molecular weight is 388 g/mol. The monoisotopic (exact) mass is 388 g/mol. The highest BCUT2D eigenvalue weighted by atomic mass is 32.1. The van der Waals surface area contributed by atoms with Crippen LogP contribution < -0.4 is 10.6 Å². The minimum Gasteiger partial charge on any atom is -0.451 e. The van der Waals surface area contributed by atoms with E-state index < -0.39 is 18.0 Å². The largest absolute Gasteiger partial charge is 0.451 e. The third-order valence-corrected chi connectivity index (χ3v) is 4.86. The number of para-hydroxylation sites is 1. The highest BCUT2D eigenvalue weighted by molar-refractivity contribution is 7.12. The van der Waals surface area contributed by atoms with Gasteiger partial charge in [0.15, 0.2) is 6.10 Å². The molecule has 2 aromatic rings. The molecule has 7 heteroatoms. The maximum atomic E-state index is 12.4. The zero-order valence-electron chi connectivity index (χ0n) is 15.9. The molecule has 0 unspecified atom stereocenters. The number of amides is 2. The summed E-state index contributed by atoms with van der Waals surface area (Å²) in [6, 6.07) is 9.24. The number of carbonyl (C=O) groups excluding carboxylic acids is 3. The zero-order chi connectivity index (χ0) is 20.0. The summed E-state index contributed by atoms with van der Waals surface area (Å²) in [5, 5.41) is 7.10. The molecular weight excluding hydrogens is 364 g/mol. The number of benzene rings is 1. The first-order chi connectivity index (χ1) is 12.8. The van der Waals surface area contributed by atoms with Crippen LogP contribution in [-0.2, 0) is 14.3 Å². The molecule has 0 fully saturated rings. The van der Waals surface area contributed by atoms with E-state index in [4.69, 9.17) is 4.74 Å². The van der Waals surface area contributed by atoms with Crippen LogP contribution >= 0.6 is 11.3 Å². The fourth-order valence-corrected chi connectivity index (χ4v) is 3.15. The maximum Gasteiger partial charge on any atom is 0.326 e. The summed E-state index contributed by atoms with van der Waals surface area (Å²) in [7, 11) is 0. The molecule has 0 saturated carbocycles. The molecule has 0 bridgehead atoms. The Morgan fingerprint density at radius 2 is 1.85 bits per heavy atom. The normalized spacial score (nSPS) is 11.7. The zero-order valence-corrected chi connectivity index (χ0v) is 16.7. The van der Waals surface area contributed by atoms with Gasteiger partial charge in [-0.2, -0.15) is 0 Å². The number of nitrogens with one attached hydrogen (secondary N) is 2. The van der Waals surface area contributed by atoms with E-state index in [0.717, 1.165) is 16.8 Å². The molecule has 0 aliphatic carbocycles. The first-order valence-corrected chi connectivity index (χ1v) is 9.59. The number of anilines is 1. The number of thiophene rings is 1. The van der Waals surface area contributed by atoms with Crippen molar-refractivity contribution in [1.82, 2.24) is 5.32 Å². The Balaban J connectivity index is 1.90. The van der Waals surface area contributed by atoms with Crippen LogP contribution in [0.15, 0.2) is 35.7 Å². The minimum absolute atomic E-state index is 0.241. The molecule has 0 aliphatic heterocycles. The summed E-state index contributed by atoms with van der Waals surface area (Å²) in [6.45, 7) is 7.21. The molecule has 1 aromatic heterocycles. The Kier molecular flexibility index (Phi) is 7.12.